The summed E-state index contributed by atoms with van der Waals surface area (Å²) in [6.45, 7) is 5.98. The fourth-order valence-corrected chi connectivity index (χ4v) is 6.61. The maximum Gasteiger partial charge on any atom is 0.0896 e. The van der Waals surface area contributed by atoms with Crippen molar-refractivity contribution in [2.45, 2.75) is 26.9 Å². The van der Waals surface area contributed by atoms with Crippen LogP contribution in [-0.2, 0) is 13.1 Å². The number of allylic oxidation sites excluding steroid dienone is 2. The van der Waals surface area contributed by atoms with Gasteiger partial charge in [-0.15, -0.1) is 0 Å². The summed E-state index contributed by atoms with van der Waals surface area (Å²) in [6.07, 6.45) is 0. The smallest absolute Gasteiger partial charge is 0.0896 e. The first-order valence-electron chi connectivity index (χ1n) is 13.9. The molecule has 4 aromatic carbocycles. The molecular weight excluding hydrogens is 506 g/mol. The number of nitrogens with two attached hydrogens (primary N) is 2. The summed E-state index contributed by atoms with van der Waals surface area (Å²) in [5, 5.41) is 22.8. The zero-order valence-electron chi connectivity index (χ0n) is 23.0. The number of aryl methyl sites for hydroxylation is 2. The van der Waals surface area contributed by atoms with Gasteiger partial charge in [-0.2, -0.15) is 0 Å². The summed E-state index contributed by atoms with van der Waals surface area (Å²) in [5.41, 5.74) is 17.8. The molecule has 41 heavy (non-hydrogen) atoms. The maximum atomic E-state index is 9.16. The van der Waals surface area contributed by atoms with Gasteiger partial charge in [-0.3, -0.25) is 16.7 Å². The predicted octanol–water partition coefficient (Wildman–Crippen LogP) is 6.54. The summed E-state index contributed by atoms with van der Waals surface area (Å²) in [4.78, 5) is 0. The van der Waals surface area contributed by atoms with Crippen molar-refractivity contribution >= 4 is 66.2 Å². The minimum atomic E-state index is 0.0752. The molecule has 7 nitrogen and oxygen atoms in total. The topological polar surface area (TPSA) is 122 Å². The third-order valence-electron chi connectivity index (χ3n) is 8.44. The van der Waals surface area contributed by atoms with Crippen LogP contribution < -0.4 is 17.0 Å². The molecule has 2 heterocycles. The second-order valence-corrected chi connectivity index (χ2v) is 10.4. The number of nitrogens with one attached hydrogen (secondary N) is 3. The van der Waals surface area contributed by atoms with E-state index < -0.39 is 0 Å². The summed E-state index contributed by atoms with van der Waals surface area (Å²) >= 11 is 0. The van der Waals surface area contributed by atoms with Crippen LogP contribution in [-0.4, -0.2) is 20.6 Å². The molecule has 1 aliphatic carbocycles. The van der Waals surface area contributed by atoms with E-state index in [2.05, 4.69) is 89.1 Å². The normalized spacial score (nSPS) is 14.4. The van der Waals surface area contributed by atoms with Gasteiger partial charge in [0.05, 0.1) is 22.8 Å². The van der Waals surface area contributed by atoms with Crippen LogP contribution in [0.5, 0.6) is 0 Å². The van der Waals surface area contributed by atoms with Crippen molar-refractivity contribution < 1.29 is 0 Å². The van der Waals surface area contributed by atoms with Crippen LogP contribution in [0.2, 0.25) is 0 Å². The van der Waals surface area contributed by atoms with E-state index in [-0.39, 0.29) is 11.4 Å². The number of para-hydroxylation sites is 2. The number of fused-ring (bicyclic) bond motifs is 6. The van der Waals surface area contributed by atoms with Crippen LogP contribution in [0.1, 0.15) is 25.0 Å². The molecule has 6 aromatic rings. The Morgan fingerprint density at radius 1 is 0.610 bits per heavy atom. The number of hydrogen-bond donors (Lipinski definition) is 5. The second kappa shape index (κ2) is 9.21. The van der Waals surface area contributed by atoms with Gasteiger partial charge in [0.2, 0.25) is 0 Å². The van der Waals surface area contributed by atoms with E-state index in [0.717, 1.165) is 56.8 Å². The first-order chi connectivity index (χ1) is 20.0. The molecule has 2 aromatic heterocycles. The Kier molecular flexibility index (Phi) is 5.59. The number of benzene rings is 4. The van der Waals surface area contributed by atoms with Crippen LogP contribution in [0.15, 0.2) is 96.3 Å². The van der Waals surface area contributed by atoms with Gasteiger partial charge in [0, 0.05) is 67.8 Å². The quantitative estimate of drug-likeness (QED) is 0.0975. The standard InChI is InChI=1S/C34H31N7/c1-3-40-25-11-7-5-9-21(25)23-17-19(13-15-27(23)40)29-31(35)32(36)30(34(39-38)33(29)37)20-14-16-28-24(18-20)22-10-6-8-12-26(22)41(28)4-2/h5-18,35-36,39H,3-4,37-38H2,1-2H3. The monoisotopic (exact) mass is 537 g/mol. The lowest BCUT2D eigenvalue weighted by Crippen LogP contribution is -2.35. The highest BCUT2D eigenvalue weighted by Gasteiger charge is 2.31. The lowest BCUT2D eigenvalue weighted by Gasteiger charge is -2.26. The van der Waals surface area contributed by atoms with Crippen molar-refractivity contribution in [3.63, 3.8) is 0 Å². The lowest BCUT2D eigenvalue weighted by molar-refractivity contribution is 0.827. The highest BCUT2D eigenvalue weighted by molar-refractivity contribution is 6.69. The fraction of sp³-hybridized carbons (Fsp3) is 0.118. The lowest BCUT2D eigenvalue weighted by atomic mass is 9.82. The van der Waals surface area contributed by atoms with E-state index in [9.17, 15) is 0 Å². The van der Waals surface area contributed by atoms with Gasteiger partial charge in [-0.05, 0) is 61.4 Å². The van der Waals surface area contributed by atoms with Gasteiger partial charge in [-0.25, -0.2) is 0 Å². The van der Waals surface area contributed by atoms with Crippen LogP contribution in [0.3, 0.4) is 0 Å². The number of hydrazine groups is 1. The molecule has 7 heteroatoms. The van der Waals surface area contributed by atoms with Gasteiger partial charge < -0.3 is 20.3 Å². The average Bonchev–Trinajstić information content (AvgIpc) is 3.50. The number of nitrogens with zero attached hydrogens (tertiary/aromatic N) is 2. The molecule has 0 radical (unpaired) electrons. The minimum Gasteiger partial charge on any atom is -0.396 e. The van der Waals surface area contributed by atoms with Crippen LogP contribution >= 0.6 is 0 Å². The van der Waals surface area contributed by atoms with E-state index in [1.807, 2.05) is 24.3 Å². The Balaban J connectivity index is 1.44. The molecule has 0 saturated heterocycles. The molecule has 0 bridgehead atoms. The number of aromatic nitrogens is 2. The highest BCUT2D eigenvalue weighted by atomic mass is 15.2. The highest BCUT2D eigenvalue weighted by Crippen LogP contribution is 2.38. The van der Waals surface area contributed by atoms with Crippen molar-refractivity contribution in [3.8, 4) is 0 Å². The molecule has 0 unspecified atom stereocenters. The van der Waals surface area contributed by atoms with Crippen molar-refractivity contribution in [2.24, 2.45) is 11.6 Å². The first kappa shape index (κ1) is 24.9. The van der Waals surface area contributed by atoms with E-state index >= 15 is 0 Å². The van der Waals surface area contributed by atoms with Gasteiger partial charge in [0.1, 0.15) is 0 Å². The zero-order chi connectivity index (χ0) is 28.4. The van der Waals surface area contributed by atoms with Gasteiger partial charge in [-0.1, -0.05) is 48.5 Å². The molecule has 0 saturated carbocycles. The third kappa shape index (κ3) is 3.42. The Bertz CT molecular complexity index is 2150. The zero-order valence-corrected chi connectivity index (χ0v) is 23.0. The van der Waals surface area contributed by atoms with Crippen molar-refractivity contribution in [3.05, 3.63) is 107 Å². The van der Waals surface area contributed by atoms with E-state index in [4.69, 9.17) is 22.4 Å². The fourth-order valence-electron chi connectivity index (χ4n) is 6.61. The Hall–Kier alpha value is -5.14. The molecule has 0 aliphatic heterocycles. The summed E-state index contributed by atoms with van der Waals surface area (Å²) in [6, 6.07) is 29.0. The molecule has 0 fully saturated rings. The molecule has 0 spiro atoms. The molecule has 7 N–H and O–H groups in total. The molecular formula is C34H31N7. The van der Waals surface area contributed by atoms with Gasteiger partial charge >= 0.3 is 0 Å². The average molecular weight is 538 g/mol. The molecule has 0 atom stereocenters. The predicted molar refractivity (Wildman–Crippen MR) is 171 cm³/mol. The van der Waals surface area contributed by atoms with E-state index in [1.54, 1.807) is 0 Å². The van der Waals surface area contributed by atoms with Crippen LogP contribution in [0, 0.1) is 10.8 Å². The molecule has 1 aliphatic rings. The van der Waals surface area contributed by atoms with Crippen LogP contribution in [0.25, 0.3) is 54.8 Å². The van der Waals surface area contributed by atoms with Crippen molar-refractivity contribution in [1.82, 2.24) is 14.6 Å². The van der Waals surface area contributed by atoms with Crippen molar-refractivity contribution in [1.29, 1.82) is 10.8 Å². The Morgan fingerprint density at radius 2 is 1.05 bits per heavy atom. The van der Waals surface area contributed by atoms with Crippen molar-refractivity contribution in [2.75, 3.05) is 0 Å². The SMILES string of the molecule is CCn1c2ccccc2c2cc(C3=C(N)C(NN)=C(c4ccc5c(c4)c4ccccc4n5CC)C(=N)C3=N)ccc21. The number of hydrogen-bond acceptors (Lipinski definition) is 5. The second-order valence-electron chi connectivity index (χ2n) is 10.4. The van der Waals surface area contributed by atoms with E-state index in [0.29, 0.717) is 22.5 Å². The largest absolute Gasteiger partial charge is 0.396 e. The Morgan fingerprint density at radius 3 is 1.54 bits per heavy atom. The first-order valence-corrected chi connectivity index (χ1v) is 13.9. The summed E-state index contributed by atoms with van der Waals surface area (Å²) in [5.74, 6) is 6.09. The van der Waals surface area contributed by atoms with Gasteiger partial charge in [0.25, 0.3) is 0 Å². The molecule has 0 amide bonds. The maximum absolute atomic E-state index is 9.16. The minimum absolute atomic E-state index is 0.0752. The van der Waals surface area contributed by atoms with Gasteiger partial charge in [0.15, 0.2) is 0 Å². The molecule has 7 rings (SSSR count). The van der Waals surface area contributed by atoms with E-state index in [1.165, 1.54) is 11.0 Å². The third-order valence-corrected chi connectivity index (χ3v) is 8.44. The summed E-state index contributed by atoms with van der Waals surface area (Å²) in [7, 11) is 0. The summed E-state index contributed by atoms with van der Waals surface area (Å²) < 4.78 is 4.58. The number of rotatable bonds is 5. The Labute approximate surface area is 237 Å². The van der Waals surface area contributed by atoms with Crippen LogP contribution in [0.4, 0.5) is 0 Å². The molecule has 202 valence electrons.